The summed E-state index contributed by atoms with van der Waals surface area (Å²) in [4.78, 5) is 14.8. The van der Waals surface area contributed by atoms with Gasteiger partial charge in [0.15, 0.2) is 0 Å². The first-order chi connectivity index (χ1) is 7.65. The quantitative estimate of drug-likeness (QED) is 0.825. The molecule has 1 aromatic carbocycles. The van der Waals surface area contributed by atoms with Crippen molar-refractivity contribution in [3.63, 3.8) is 0 Å². The Labute approximate surface area is 101 Å². The van der Waals surface area contributed by atoms with E-state index in [-0.39, 0.29) is 5.56 Å². The molecule has 0 radical (unpaired) electrons. The number of benzene rings is 1. The second-order valence-electron chi connectivity index (χ2n) is 3.15. The second-order valence-corrected chi connectivity index (χ2v) is 4.44. The molecule has 0 fully saturated rings. The summed E-state index contributed by atoms with van der Waals surface area (Å²) in [6, 6.07) is 6.67. The zero-order valence-corrected chi connectivity index (χ0v) is 10.0. The molecule has 2 aromatic rings. The van der Waals surface area contributed by atoms with Crippen LogP contribution < -0.4 is 10.3 Å². The lowest BCUT2D eigenvalue weighted by atomic mass is 10.2. The molecule has 5 heteroatoms. The molecule has 3 nitrogen and oxygen atoms in total. The van der Waals surface area contributed by atoms with Gasteiger partial charge >= 0.3 is 0 Å². The van der Waals surface area contributed by atoms with Crippen LogP contribution in [0.25, 0.3) is 0 Å². The van der Waals surface area contributed by atoms with Gasteiger partial charge in [0.2, 0.25) is 0 Å². The molecule has 0 unspecified atom stereocenters. The van der Waals surface area contributed by atoms with Crippen LogP contribution in [0.3, 0.4) is 0 Å². The predicted octanol–water partition coefficient (Wildman–Crippen LogP) is 3.26. The van der Waals surface area contributed by atoms with E-state index in [9.17, 15) is 4.79 Å². The third-order valence-electron chi connectivity index (χ3n) is 1.92. The Morgan fingerprint density at radius 3 is 2.88 bits per heavy atom. The zero-order chi connectivity index (χ0) is 11.5. The zero-order valence-electron chi connectivity index (χ0n) is 8.44. The van der Waals surface area contributed by atoms with Crippen LogP contribution in [0.15, 0.2) is 34.4 Å². The highest BCUT2D eigenvalue weighted by Crippen LogP contribution is 2.27. The Balaban J connectivity index is 2.30. The molecular weight excluding hydrogens is 246 g/mol. The Bertz CT molecular complexity index is 568. The van der Waals surface area contributed by atoms with Gasteiger partial charge in [0.1, 0.15) is 5.75 Å². The van der Waals surface area contributed by atoms with Gasteiger partial charge in [0.05, 0.1) is 0 Å². The van der Waals surface area contributed by atoms with E-state index in [2.05, 4.69) is 4.98 Å². The molecule has 0 aliphatic carbocycles. The minimum Gasteiger partial charge on any atom is -0.431 e. The molecule has 0 amide bonds. The number of hydrogen-bond donors (Lipinski definition) is 0. The van der Waals surface area contributed by atoms with E-state index in [1.807, 2.05) is 6.92 Å². The maximum Gasteiger partial charge on any atom is 0.282 e. The maximum atomic E-state index is 11.0. The van der Waals surface area contributed by atoms with Crippen molar-refractivity contribution in [2.45, 2.75) is 6.92 Å². The normalized spacial score (nSPS) is 10.1. The van der Waals surface area contributed by atoms with Crippen LogP contribution >= 0.6 is 22.9 Å². The SMILES string of the molecule is Cc1cc(Cl)ccc1Oc1nc(=O)ccs1. The van der Waals surface area contributed by atoms with Gasteiger partial charge in [0, 0.05) is 16.5 Å². The number of ether oxygens (including phenoxy) is 1. The molecule has 0 saturated carbocycles. The van der Waals surface area contributed by atoms with Crippen LogP contribution in [0, 0.1) is 6.92 Å². The Morgan fingerprint density at radius 2 is 2.19 bits per heavy atom. The monoisotopic (exact) mass is 253 g/mol. The molecule has 2 rings (SSSR count). The summed E-state index contributed by atoms with van der Waals surface area (Å²) in [5, 5.41) is 2.63. The molecule has 0 aliphatic rings. The van der Waals surface area contributed by atoms with Crippen molar-refractivity contribution in [2.24, 2.45) is 0 Å². The third-order valence-corrected chi connectivity index (χ3v) is 2.80. The lowest BCUT2D eigenvalue weighted by Gasteiger charge is -2.06. The molecule has 0 N–H and O–H groups in total. The number of hydrogen-bond acceptors (Lipinski definition) is 4. The molecule has 0 aliphatic heterocycles. The summed E-state index contributed by atoms with van der Waals surface area (Å²) in [6.07, 6.45) is 0. The van der Waals surface area contributed by atoms with Gasteiger partial charge in [-0.2, -0.15) is 4.98 Å². The highest BCUT2D eigenvalue weighted by molar-refractivity contribution is 7.11. The topological polar surface area (TPSA) is 39.2 Å². The largest absolute Gasteiger partial charge is 0.431 e. The van der Waals surface area contributed by atoms with Crippen LogP contribution in [-0.4, -0.2) is 4.98 Å². The van der Waals surface area contributed by atoms with Crippen molar-refractivity contribution in [2.75, 3.05) is 0 Å². The minimum atomic E-state index is -0.305. The molecule has 1 heterocycles. The molecule has 0 saturated heterocycles. The highest BCUT2D eigenvalue weighted by Gasteiger charge is 2.03. The summed E-state index contributed by atoms with van der Waals surface area (Å²) < 4.78 is 5.49. The van der Waals surface area contributed by atoms with Crippen molar-refractivity contribution in [3.8, 4) is 10.9 Å². The van der Waals surface area contributed by atoms with Crippen LogP contribution in [-0.2, 0) is 0 Å². The molecular formula is C11H8ClNO2S. The van der Waals surface area contributed by atoms with Crippen LogP contribution in [0.1, 0.15) is 5.56 Å². The number of rotatable bonds is 2. The fourth-order valence-electron chi connectivity index (χ4n) is 1.17. The Kier molecular flexibility index (Phi) is 3.22. The molecule has 0 bridgehead atoms. The maximum absolute atomic E-state index is 11.0. The standard InChI is InChI=1S/C11H8ClNO2S/c1-7-6-8(12)2-3-9(7)15-11-13-10(14)4-5-16-11/h2-6H,1H3. The number of halogens is 1. The fourth-order valence-corrected chi connectivity index (χ4v) is 1.98. The van der Waals surface area contributed by atoms with Gasteiger partial charge in [-0.05, 0) is 30.7 Å². The number of nitrogens with zero attached hydrogens (tertiary/aromatic N) is 1. The van der Waals surface area contributed by atoms with Crippen molar-refractivity contribution in [3.05, 3.63) is 50.6 Å². The van der Waals surface area contributed by atoms with Gasteiger partial charge in [-0.3, -0.25) is 4.79 Å². The van der Waals surface area contributed by atoms with Crippen LogP contribution in [0.2, 0.25) is 5.02 Å². The molecule has 0 atom stereocenters. The molecule has 1 aromatic heterocycles. The number of aromatic nitrogens is 1. The van der Waals surface area contributed by atoms with E-state index >= 15 is 0 Å². The highest BCUT2D eigenvalue weighted by atomic mass is 35.5. The van der Waals surface area contributed by atoms with E-state index in [1.54, 1.807) is 23.6 Å². The van der Waals surface area contributed by atoms with E-state index in [4.69, 9.17) is 16.3 Å². The van der Waals surface area contributed by atoms with Gasteiger partial charge in [-0.15, -0.1) is 0 Å². The van der Waals surface area contributed by atoms with Crippen molar-refractivity contribution >= 4 is 22.9 Å². The van der Waals surface area contributed by atoms with Gasteiger partial charge in [-0.1, -0.05) is 22.9 Å². The lowest BCUT2D eigenvalue weighted by molar-refractivity contribution is 0.472. The van der Waals surface area contributed by atoms with Crippen molar-refractivity contribution < 1.29 is 4.74 Å². The molecule has 0 spiro atoms. The first-order valence-corrected chi connectivity index (χ1v) is 5.81. The summed E-state index contributed by atoms with van der Waals surface area (Å²) >= 11 is 7.09. The second kappa shape index (κ2) is 4.63. The Hall–Kier alpha value is -1.39. The summed E-state index contributed by atoms with van der Waals surface area (Å²) in [7, 11) is 0. The summed E-state index contributed by atoms with van der Waals surface area (Å²) in [5.74, 6) is 0.652. The first kappa shape index (κ1) is 11.1. The van der Waals surface area contributed by atoms with Gasteiger partial charge in [-0.25, -0.2) is 0 Å². The predicted molar refractivity (Wildman–Crippen MR) is 64.6 cm³/mol. The van der Waals surface area contributed by atoms with Crippen molar-refractivity contribution in [1.82, 2.24) is 4.98 Å². The molecule has 16 heavy (non-hydrogen) atoms. The number of aryl methyl sites for hydroxylation is 1. The van der Waals surface area contributed by atoms with E-state index < -0.39 is 0 Å². The van der Waals surface area contributed by atoms with Crippen molar-refractivity contribution in [1.29, 1.82) is 0 Å². The molecule has 82 valence electrons. The average molecular weight is 254 g/mol. The van der Waals surface area contributed by atoms with Gasteiger partial charge in [0.25, 0.3) is 10.8 Å². The van der Waals surface area contributed by atoms with E-state index in [0.29, 0.717) is 16.0 Å². The van der Waals surface area contributed by atoms with Gasteiger partial charge < -0.3 is 4.74 Å². The Morgan fingerprint density at radius 1 is 1.38 bits per heavy atom. The minimum absolute atomic E-state index is 0.305. The van der Waals surface area contributed by atoms with E-state index in [0.717, 1.165) is 5.56 Å². The first-order valence-electron chi connectivity index (χ1n) is 4.55. The van der Waals surface area contributed by atoms with E-state index in [1.165, 1.54) is 17.4 Å². The fraction of sp³-hybridized carbons (Fsp3) is 0.0909. The van der Waals surface area contributed by atoms with Crippen LogP contribution in [0.5, 0.6) is 10.9 Å². The smallest absolute Gasteiger partial charge is 0.282 e. The lowest BCUT2D eigenvalue weighted by Crippen LogP contribution is -2.02. The third kappa shape index (κ3) is 2.59. The summed E-state index contributed by atoms with van der Waals surface area (Å²) in [5.41, 5.74) is 0.596. The van der Waals surface area contributed by atoms with Crippen LogP contribution in [0.4, 0.5) is 0 Å². The average Bonchev–Trinajstić information content (AvgIpc) is 2.22. The summed E-state index contributed by atoms with van der Waals surface area (Å²) in [6.45, 7) is 1.88.